The van der Waals surface area contributed by atoms with E-state index in [1.807, 2.05) is 39.0 Å². The third-order valence-electron chi connectivity index (χ3n) is 4.31. The van der Waals surface area contributed by atoms with Gasteiger partial charge in [0.25, 0.3) is 0 Å². The minimum Gasteiger partial charge on any atom is -0.368 e. The molecule has 1 aliphatic heterocycles. The summed E-state index contributed by atoms with van der Waals surface area (Å²) in [6, 6.07) is 8.00. The van der Waals surface area contributed by atoms with Crippen LogP contribution in [0.25, 0.3) is 0 Å². The van der Waals surface area contributed by atoms with Gasteiger partial charge in [0, 0.05) is 64.7 Å². The van der Waals surface area contributed by atoms with Crippen LogP contribution in [0.15, 0.2) is 29.3 Å². The molecule has 1 unspecified atom stereocenters. The average molecular weight is 399 g/mol. The highest BCUT2D eigenvalue weighted by Crippen LogP contribution is 2.20. The van der Waals surface area contributed by atoms with Crippen molar-refractivity contribution >= 4 is 34.0 Å². The van der Waals surface area contributed by atoms with E-state index in [2.05, 4.69) is 28.1 Å². The largest absolute Gasteiger partial charge is 0.368 e. The molecule has 5 nitrogen and oxygen atoms in total. The van der Waals surface area contributed by atoms with Crippen molar-refractivity contribution in [2.75, 3.05) is 49.9 Å². The Hall–Kier alpha value is -1.27. The molecule has 1 heterocycles. The van der Waals surface area contributed by atoms with E-state index in [9.17, 15) is 4.21 Å². The molecule has 26 heavy (non-hydrogen) atoms. The molecule has 1 aliphatic rings. The van der Waals surface area contributed by atoms with Gasteiger partial charge >= 0.3 is 0 Å². The standard InChI is InChI=1S/C19H31ClN4OS/c1-5-21-18(22-9-14-26(25)19(2,3)4)24-12-10-23(11-13-24)17-8-6-7-16(20)15-17/h6-8,15H,5,9-14H2,1-4H3,(H,21,22). The van der Waals surface area contributed by atoms with Crippen LogP contribution in [0.5, 0.6) is 0 Å². The van der Waals surface area contributed by atoms with E-state index < -0.39 is 10.8 Å². The normalized spacial score (nSPS) is 17.3. The molecule has 7 heteroatoms. The zero-order valence-corrected chi connectivity index (χ0v) is 17.9. The second-order valence-corrected chi connectivity index (χ2v) is 10.1. The van der Waals surface area contributed by atoms with Crippen molar-refractivity contribution in [2.45, 2.75) is 32.4 Å². The average Bonchev–Trinajstić information content (AvgIpc) is 2.60. The number of hydrogen-bond acceptors (Lipinski definition) is 3. The summed E-state index contributed by atoms with van der Waals surface area (Å²) in [5.74, 6) is 1.52. The molecule has 1 aromatic carbocycles. The number of halogens is 1. The number of piperazine rings is 1. The van der Waals surface area contributed by atoms with Gasteiger partial charge in [-0.3, -0.25) is 9.20 Å². The fourth-order valence-corrected chi connectivity index (χ4v) is 3.87. The molecule has 1 N–H and O–H groups in total. The van der Waals surface area contributed by atoms with E-state index in [4.69, 9.17) is 16.6 Å². The van der Waals surface area contributed by atoms with Gasteiger partial charge in [-0.2, -0.15) is 0 Å². The summed E-state index contributed by atoms with van der Waals surface area (Å²) in [6.45, 7) is 13.2. The van der Waals surface area contributed by atoms with E-state index in [1.165, 1.54) is 5.69 Å². The molecule has 0 radical (unpaired) electrons. The fraction of sp³-hybridized carbons (Fsp3) is 0.632. The van der Waals surface area contributed by atoms with E-state index in [-0.39, 0.29) is 4.75 Å². The van der Waals surface area contributed by atoms with Crippen molar-refractivity contribution in [1.29, 1.82) is 0 Å². The van der Waals surface area contributed by atoms with E-state index in [0.29, 0.717) is 12.3 Å². The first-order valence-electron chi connectivity index (χ1n) is 9.23. The van der Waals surface area contributed by atoms with Crippen LogP contribution in [0.2, 0.25) is 5.02 Å². The highest BCUT2D eigenvalue weighted by molar-refractivity contribution is 7.86. The van der Waals surface area contributed by atoms with Crippen LogP contribution in [-0.4, -0.2) is 64.8 Å². The van der Waals surface area contributed by atoms with Gasteiger partial charge in [-0.25, -0.2) is 0 Å². The lowest BCUT2D eigenvalue weighted by Crippen LogP contribution is -2.52. The molecule has 1 fully saturated rings. The molecule has 2 rings (SSSR count). The van der Waals surface area contributed by atoms with E-state index >= 15 is 0 Å². The first-order chi connectivity index (χ1) is 12.3. The quantitative estimate of drug-likeness (QED) is 0.611. The number of benzene rings is 1. The molecule has 146 valence electrons. The smallest absolute Gasteiger partial charge is 0.194 e. The summed E-state index contributed by atoms with van der Waals surface area (Å²) in [5.41, 5.74) is 1.17. The Labute approximate surface area is 165 Å². The first-order valence-corrected chi connectivity index (χ1v) is 10.9. The highest BCUT2D eigenvalue weighted by atomic mass is 35.5. The van der Waals surface area contributed by atoms with Crippen LogP contribution in [0.4, 0.5) is 5.69 Å². The minimum atomic E-state index is -0.870. The van der Waals surface area contributed by atoms with Crippen LogP contribution >= 0.6 is 11.6 Å². The van der Waals surface area contributed by atoms with Crippen LogP contribution < -0.4 is 10.2 Å². The molecule has 0 amide bonds. The van der Waals surface area contributed by atoms with Crippen LogP contribution in [0.3, 0.4) is 0 Å². The molecular formula is C19H31ClN4OS. The van der Waals surface area contributed by atoms with E-state index in [1.54, 1.807) is 0 Å². The summed E-state index contributed by atoms with van der Waals surface area (Å²) >= 11 is 6.11. The Morgan fingerprint density at radius 3 is 2.54 bits per heavy atom. The molecule has 0 spiro atoms. The number of nitrogens with zero attached hydrogens (tertiary/aromatic N) is 3. The van der Waals surface area contributed by atoms with Crippen molar-refractivity contribution in [1.82, 2.24) is 10.2 Å². The lowest BCUT2D eigenvalue weighted by molar-refractivity contribution is 0.373. The Balaban J connectivity index is 1.92. The molecule has 1 aromatic rings. The summed E-state index contributed by atoms with van der Waals surface area (Å²) in [5, 5.41) is 4.14. The number of guanidine groups is 1. The summed E-state index contributed by atoms with van der Waals surface area (Å²) < 4.78 is 12.0. The predicted octanol–water partition coefficient (Wildman–Crippen LogP) is 2.97. The van der Waals surface area contributed by atoms with Gasteiger partial charge < -0.3 is 15.1 Å². The lowest BCUT2D eigenvalue weighted by Gasteiger charge is -2.37. The van der Waals surface area contributed by atoms with Crippen LogP contribution in [-0.2, 0) is 10.8 Å². The highest BCUT2D eigenvalue weighted by Gasteiger charge is 2.21. The van der Waals surface area contributed by atoms with Crippen molar-refractivity contribution in [3.05, 3.63) is 29.3 Å². The number of hydrogen-bond donors (Lipinski definition) is 1. The first kappa shape index (κ1) is 21.0. The number of nitrogens with one attached hydrogen (secondary N) is 1. The van der Waals surface area contributed by atoms with Crippen LogP contribution in [0.1, 0.15) is 27.7 Å². The van der Waals surface area contributed by atoms with Gasteiger partial charge in [-0.05, 0) is 45.9 Å². The third kappa shape index (κ3) is 6.16. The number of aliphatic imine (C=N–C) groups is 1. The lowest BCUT2D eigenvalue weighted by atomic mass is 10.2. The molecule has 0 bridgehead atoms. The van der Waals surface area contributed by atoms with Gasteiger partial charge in [-0.1, -0.05) is 17.7 Å². The molecule has 0 aliphatic carbocycles. The monoisotopic (exact) mass is 398 g/mol. The summed E-state index contributed by atoms with van der Waals surface area (Å²) in [7, 11) is -0.870. The van der Waals surface area contributed by atoms with Gasteiger partial charge in [0.05, 0.1) is 6.54 Å². The Morgan fingerprint density at radius 1 is 1.27 bits per heavy atom. The maximum atomic E-state index is 12.2. The van der Waals surface area contributed by atoms with Crippen molar-refractivity contribution in [2.24, 2.45) is 4.99 Å². The van der Waals surface area contributed by atoms with E-state index in [0.717, 1.165) is 43.7 Å². The molecular weight excluding hydrogens is 368 g/mol. The SMILES string of the molecule is CCNC(=NCCS(=O)C(C)(C)C)N1CCN(c2cccc(Cl)c2)CC1. The number of anilines is 1. The Bertz CT molecular complexity index is 637. The van der Waals surface area contributed by atoms with Gasteiger partial charge in [0.1, 0.15) is 0 Å². The summed E-state index contributed by atoms with van der Waals surface area (Å²) in [4.78, 5) is 9.33. The molecule has 1 saturated heterocycles. The van der Waals surface area contributed by atoms with Gasteiger partial charge in [0.15, 0.2) is 5.96 Å². The summed E-state index contributed by atoms with van der Waals surface area (Å²) in [6.07, 6.45) is 0. The zero-order valence-electron chi connectivity index (χ0n) is 16.3. The van der Waals surface area contributed by atoms with Gasteiger partial charge in [0.2, 0.25) is 0 Å². The van der Waals surface area contributed by atoms with Crippen molar-refractivity contribution in [3.8, 4) is 0 Å². The molecule has 0 aromatic heterocycles. The topological polar surface area (TPSA) is 47.9 Å². The molecule has 0 saturated carbocycles. The van der Waals surface area contributed by atoms with Crippen molar-refractivity contribution < 1.29 is 4.21 Å². The zero-order chi connectivity index (χ0) is 19.2. The maximum Gasteiger partial charge on any atom is 0.194 e. The number of rotatable bonds is 5. The molecule has 1 atom stereocenters. The Kier molecular flexibility index (Phi) is 7.77. The van der Waals surface area contributed by atoms with Crippen molar-refractivity contribution in [3.63, 3.8) is 0 Å². The second-order valence-electron chi connectivity index (χ2n) is 7.35. The third-order valence-corrected chi connectivity index (χ3v) is 6.46. The second kappa shape index (κ2) is 9.60. The maximum absolute atomic E-state index is 12.2. The van der Waals surface area contributed by atoms with Gasteiger partial charge in [-0.15, -0.1) is 0 Å². The van der Waals surface area contributed by atoms with Crippen LogP contribution in [0, 0.1) is 0 Å². The Morgan fingerprint density at radius 2 is 1.96 bits per heavy atom. The predicted molar refractivity (Wildman–Crippen MR) is 114 cm³/mol. The fourth-order valence-electron chi connectivity index (χ4n) is 2.82. The minimum absolute atomic E-state index is 0.184.